The zero-order valence-electron chi connectivity index (χ0n) is 10.8. The summed E-state index contributed by atoms with van der Waals surface area (Å²) in [5.74, 6) is -0.451. The molecule has 0 aliphatic carbocycles. The van der Waals surface area contributed by atoms with E-state index in [4.69, 9.17) is 23.2 Å². The van der Waals surface area contributed by atoms with Crippen molar-refractivity contribution in [2.45, 2.75) is 6.61 Å². The van der Waals surface area contributed by atoms with Gasteiger partial charge in [-0.2, -0.15) is 0 Å². The lowest BCUT2D eigenvalue weighted by Crippen LogP contribution is -1.93. The Balaban J connectivity index is 2.40. The van der Waals surface area contributed by atoms with Crippen molar-refractivity contribution in [2.24, 2.45) is 0 Å². The van der Waals surface area contributed by atoms with Gasteiger partial charge in [-0.15, -0.1) is 0 Å². The lowest BCUT2D eigenvalue weighted by molar-refractivity contribution is 0.282. The van der Waals surface area contributed by atoms with Gasteiger partial charge >= 0.3 is 0 Å². The number of hydrogen-bond acceptors (Lipinski definition) is 2. The van der Waals surface area contributed by atoms with E-state index in [0.717, 1.165) is 5.39 Å². The highest BCUT2D eigenvalue weighted by Gasteiger charge is 2.15. The largest absolute Gasteiger partial charge is 0.392 e. The van der Waals surface area contributed by atoms with E-state index in [1.807, 2.05) is 0 Å². The summed E-state index contributed by atoms with van der Waals surface area (Å²) in [7, 11) is 0. The van der Waals surface area contributed by atoms with Crippen molar-refractivity contribution in [1.82, 2.24) is 4.98 Å². The number of hydrogen-bond donors (Lipinski definition) is 1. The number of benzene rings is 2. The van der Waals surface area contributed by atoms with Crippen LogP contribution in [0.25, 0.3) is 22.0 Å². The molecule has 3 aromatic rings. The van der Waals surface area contributed by atoms with Gasteiger partial charge in [0.1, 0.15) is 5.82 Å². The van der Waals surface area contributed by atoms with Crippen LogP contribution in [-0.2, 0) is 6.61 Å². The first kappa shape index (κ1) is 14.3. The summed E-state index contributed by atoms with van der Waals surface area (Å²) in [4.78, 5) is 4.24. The number of pyridine rings is 1. The smallest absolute Gasteiger partial charge is 0.134 e. The number of rotatable bonds is 2. The van der Waals surface area contributed by atoms with Gasteiger partial charge in [-0.1, -0.05) is 41.4 Å². The molecule has 0 saturated carbocycles. The maximum Gasteiger partial charge on any atom is 0.134 e. The van der Waals surface area contributed by atoms with Crippen LogP contribution in [0.2, 0.25) is 10.0 Å². The van der Waals surface area contributed by atoms with Gasteiger partial charge < -0.3 is 5.11 Å². The predicted molar refractivity (Wildman–Crippen MR) is 83.1 cm³/mol. The van der Waals surface area contributed by atoms with Crippen molar-refractivity contribution in [3.8, 4) is 11.3 Å². The number of aliphatic hydroxyl groups is 1. The number of aromatic nitrogens is 1. The van der Waals surface area contributed by atoms with Crippen molar-refractivity contribution in [3.63, 3.8) is 0 Å². The molecule has 1 N–H and O–H groups in total. The van der Waals surface area contributed by atoms with E-state index in [0.29, 0.717) is 21.7 Å². The Labute approximate surface area is 130 Å². The molecule has 0 fully saturated rings. The highest BCUT2D eigenvalue weighted by atomic mass is 35.5. The molecule has 5 heteroatoms. The van der Waals surface area contributed by atoms with Crippen LogP contribution in [0.15, 0.2) is 42.6 Å². The second-order valence-electron chi connectivity index (χ2n) is 4.59. The van der Waals surface area contributed by atoms with Crippen molar-refractivity contribution in [3.05, 3.63) is 64.0 Å². The number of fused-ring (bicyclic) bond motifs is 1. The average molecular weight is 322 g/mol. The van der Waals surface area contributed by atoms with Gasteiger partial charge in [-0.05, 0) is 23.8 Å². The molecule has 3 rings (SSSR count). The van der Waals surface area contributed by atoms with Crippen molar-refractivity contribution in [1.29, 1.82) is 0 Å². The molecule has 0 radical (unpaired) electrons. The lowest BCUT2D eigenvalue weighted by Gasteiger charge is -2.11. The van der Waals surface area contributed by atoms with Crippen LogP contribution in [0, 0.1) is 5.82 Å². The molecule has 21 heavy (non-hydrogen) atoms. The number of nitrogens with zero attached hydrogens (tertiary/aromatic N) is 1. The molecular weight excluding hydrogens is 312 g/mol. The Morgan fingerprint density at radius 3 is 2.57 bits per heavy atom. The van der Waals surface area contributed by atoms with E-state index in [1.54, 1.807) is 30.3 Å². The topological polar surface area (TPSA) is 33.1 Å². The molecule has 0 saturated heterocycles. The molecule has 0 amide bonds. The Kier molecular flexibility index (Phi) is 3.81. The third-order valence-electron chi connectivity index (χ3n) is 3.29. The van der Waals surface area contributed by atoms with E-state index >= 15 is 0 Å². The van der Waals surface area contributed by atoms with Gasteiger partial charge in [-0.3, -0.25) is 4.98 Å². The van der Waals surface area contributed by atoms with E-state index in [-0.39, 0.29) is 17.2 Å². The zero-order chi connectivity index (χ0) is 15.0. The molecular formula is C16H10Cl2FNO. The van der Waals surface area contributed by atoms with Gasteiger partial charge in [0, 0.05) is 17.0 Å². The average Bonchev–Trinajstić information content (AvgIpc) is 2.49. The Morgan fingerprint density at radius 2 is 1.86 bits per heavy atom. The molecule has 0 aliphatic rings. The van der Waals surface area contributed by atoms with Crippen LogP contribution >= 0.6 is 23.2 Å². The number of halogens is 3. The summed E-state index contributed by atoms with van der Waals surface area (Å²) < 4.78 is 14.1. The Morgan fingerprint density at radius 1 is 1.05 bits per heavy atom. The fourth-order valence-corrected chi connectivity index (χ4v) is 2.74. The van der Waals surface area contributed by atoms with Crippen molar-refractivity contribution in [2.75, 3.05) is 0 Å². The van der Waals surface area contributed by atoms with Crippen LogP contribution in [0.3, 0.4) is 0 Å². The molecule has 1 aromatic heterocycles. The predicted octanol–water partition coefficient (Wildman–Crippen LogP) is 4.84. The van der Waals surface area contributed by atoms with Crippen LogP contribution in [-0.4, -0.2) is 10.1 Å². The first-order chi connectivity index (χ1) is 10.1. The van der Waals surface area contributed by atoms with Crippen LogP contribution in [0.5, 0.6) is 0 Å². The monoisotopic (exact) mass is 321 g/mol. The first-order valence-electron chi connectivity index (χ1n) is 6.24. The first-order valence-corrected chi connectivity index (χ1v) is 7.00. The maximum atomic E-state index is 14.1. The summed E-state index contributed by atoms with van der Waals surface area (Å²) in [6, 6.07) is 9.77. The molecule has 0 atom stereocenters. The lowest BCUT2D eigenvalue weighted by atomic mass is 10.0. The second kappa shape index (κ2) is 5.60. The van der Waals surface area contributed by atoms with E-state index in [1.165, 1.54) is 12.3 Å². The molecule has 0 spiro atoms. The zero-order valence-corrected chi connectivity index (χ0v) is 12.3. The van der Waals surface area contributed by atoms with Crippen molar-refractivity contribution >= 4 is 34.0 Å². The van der Waals surface area contributed by atoms with Crippen LogP contribution < -0.4 is 0 Å². The summed E-state index contributed by atoms with van der Waals surface area (Å²) in [6.45, 7) is -0.118. The highest BCUT2D eigenvalue weighted by Crippen LogP contribution is 2.36. The maximum absolute atomic E-state index is 14.1. The normalized spacial score (nSPS) is 11.0. The molecule has 1 heterocycles. The summed E-state index contributed by atoms with van der Waals surface area (Å²) in [6.07, 6.45) is 1.47. The van der Waals surface area contributed by atoms with E-state index in [2.05, 4.69) is 4.98 Å². The van der Waals surface area contributed by atoms with Gasteiger partial charge in [0.05, 0.1) is 27.9 Å². The van der Waals surface area contributed by atoms with Gasteiger partial charge in [-0.25, -0.2) is 4.39 Å². The molecule has 0 aliphatic heterocycles. The molecule has 2 aromatic carbocycles. The third-order valence-corrected chi connectivity index (χ3v) is 3.90. The Bertz CT molecular complexity index is 816. The minimum Gasteiger partial charge on any atom is -0.392 e. The minimum atomic E-state index is -0.451. The van der Waals surface area contributed by atoms with Gasteiger partial charge in [0.2, 0.25) is 0 Å². The summed E-state index contributed by atoms with van der Waals surface area (Å²) >= 11 is 12.3. The molecule has 0 unspecified atom stereocenters. The van der Waals surface area contributed by atoms with Gasteiger partial charge in [0.25, 0.3) is 0 Å². The van der Waals surface area contributed by atoms with Crippen LogP contribution in [0.4, 0.5) is 4.39 Å². The van der Waals surface area contributed by atoms with Crippen molar-refractivity contribution < 1.29 is 9.50 Å². The second-order valence-corrected chi connectivity index (χ2v) is 5.40. The van der Waals surface area contributed by atoms with E-state index < -0.39 is 5.82 Å². The standard InChI is InChI=1S/C16H10Cl2FNO/c17-12-2-1-3-14(19)15(12)16-11-6-9(8-21)4-5-10(11)13(18)7-20-16/h1-7,21H,8H2. The Hall–Kier alpha value is -1.68. The quantitative estimate of drug-likeness (QED) is 0.732. The molecule has 0 bridgehead atoms. The third kappa shape index (κ3) is 2.48. The minimum absolute atomic E-state index is 0.118. The SMILES string of the molecule is OCc1ccc2c(Cl)cnc(-c3c(F)cccc3Cl)c2c1. The molecule has 106 valence electrons. The van der Waals surface area contributed by atoms with Gasteiger partial charge in [0.15, 0.2) is 0 Å². The fourth-order valence-electron chi connectivity index (χ4n) is 2.28. The summed E-state index contributed by atoms with van der Waals surface area (Å²) in [5.41, 5.74) is 1.34. The fraction of sp³-hybridized carbons (Fsp3) is 0.0625. The molecule has 2 nitrogen and oxygen atoms in total. The van der Waals surface area contributed by atoms with Crippen LogP contribution in [0.1, 0.15) is 5.56 Å². The highest BCUT2D eigenvalue weighted by molar-refractivity contribution is 6.36. The summed E-state index contributed by atoms with van der Waals surface area (Å²) in [5, 5.41) is 11.4. The number of aliphatic hydroxyl groups excluding tert-OH is 1. The van der Waals surface area contributed by atoms with E-state index in [9.17, 15) is 9.50 Å².